The largest absolute Gasteiger partial charge is 0.453 e. The molecule has 4 N–H and O–H groups in total. The summed E-state index contributed by atoms with van der Waals surface area (Å²) in [7, 11) is 2.55. The number of amides is 5. The number of hydrogen-bond donors (Lipinski definition) is 4. The van der Waals surface area contributed by atoms with Crippen LogP contribution in [-0.4, -0.2) is 102 Å². The lowest BCUT2D eigenvalue weighted by Gasteiger charge is -2.30. The van der Waals surface area contributed by atoms with Crippen LogP contribution >= 0.6 is 0 Å². The summed E-state index contributed by atoms with van der Waals surface area (Å²) in [5, 5.41) is 10.4. The van der Waals surface area contributed by atoms with Crippen molar-refractivity contribution in [1.29, 1.82) is 0 Å². The molecule has 0 radical (unpaired) electrons. The Hall–Kier alpha value is -5.66. The van der Waals surface area contributed by atoms with Crippen LogP contribution in [0.15, 0.2) is 54.6 Å². The molecule has 0 spiro atoms. The summed E-state index contributed by atoms with van der Waals surface area (Å²) in [6.45, 7) is 8.98. The molecule has 1 aromatic heterocycles. The second-order valence-electron chi connectivity index (χ2n) is 15.0. The molecule has 2 aliphatic heterocycles. The van der Waals surface area contributed by atoms with Gasteiger partial charge in [-0.1, -0.05) is 58.0 Å². The first-order valence-electron chi connectivity index (χ1n) is 19.0. The molecule has 0 unspecified atom stereocenters. The summed E-state index contributed by atoms with van der Waals surface area (Å²) in [5.74, 6) is -0.0858. The van der Waals surface area contributed by atoms with Crippen LogP contribution in [0.4, 0.5) is 9.59 Å². The van der Waals surface area contributed by atoms with E-state index in [0.717, 1.165) is 64.4 Å². The van der Waals surface area contributed by atoms with E-state index in [-0.39, 0.29) is 41.6 Å². The predicted octanol–water partition coefficient (Wildman–Crippen LogP) is 5.53. The van der Waals surface area contributed by atoms with Gasteiger partial charge in [0, 0.05) is 36.6 Å². The lowest BCUT2D eigenvalue weighted by molar-refractivity contribution is -0.136. The van der Waals surface area contributed by atoms with Crippen molar-refractivity contribution >= 4 is 51.7 Å². The number of nitrogens with zero attached hydrogens (tertiary/aromatic N) is 3. The number of nitrogens with one attached hydrogen (secondary N) is 4. The van der Waals surface area contributed by atoms with Crippen molar-refractivity contribution in [2.75, 3.05) is 33.9 Å². The van der Waals surface area contributed by atoms with Gasteiger partial charge in [0.15, 0.2) is 0 Å². The number of H-pyrrole nitrogens is 1. The van der Waals surface area contributed by atoms with Gasteiger partial charge in [0.05, 0.1) is 31.3 Å². The minimum atomic E-state index is -0.712. The lowest BCUT2D eigenvalue weighted by atomic mass is 9.99. The van der Waals surface area contributed by atoms with Crippen molar-refractivity contribution in [3.8, 4) is 11.1 Å². The molecule has 0 saturated carbocycles. The fraction of sp³-hybridized carbons (Fsp3) is 0.463. The number of fused-ring (bicyclic) bond motifs is 3. The van der Waals surface area contributed by atoms with E-state index in [2.05, 4.69) is 33.1 Å². The van der Waals surface area contributed by atoms with E-state index < -0.39 is 24.3 Å². The maximum absolute atomic E-state index is 13.6. The molecule has 3 heterocycles. The van der Waals surface area contributed by atoms with Crippen molar-refractivity contribution in [3.05, 3.63) is 66.0 Å². The van der Waals surface area contributed by atoms with Crippen molar-refractivity contribution in [2.45, 2.75) is 77.5 Å². The van der Waals surface area contributed by atoms with Crippen LogP contribution in [0.5, 0.6) is 0 Å². The molecule has 0 aliphatic carbocycles. The Kier molecular flexibility index (Phi) is 11.9. The first-order valence-corrected chi connectivity index (χ1v) is 19.0. The highest BCUT2D eigenvalue weighted by Gasteiger charge is 2.38. The van der Waals surface area contributed by atoms with Gasteiger partial charge in [0.1, 0.15) is 17.9 Å². The molecule has 5 amide bonds. The molecule has 2 aliphatic rings. The molecular formula is C41H51N7O7. The van der Waals surface area contributed by atoms with Crippen LogP contribution in [-0.2, 0) is 19.1 Å². The van der Waals surface area contributed by atoms with E-state index in [1.165, 1.54) is 14.2 Å². The van der Waals surface area contributed by atoms with Crippen molar-refractivity contribution in [3.63, 3.8) is 0 Å². The van der Waals surface area contributed by atoms with E-state index >= 15 is 0 Å². The molecule has 292 valence electrons. The summed E-state index contributed by atoms with van der Waals surface area (Å²) >= 11 is 0. The van der Waals surface area contributed by atoms with Crippen LogP contribution in [0, 0.1) is 11.8 Å². The zero-order valence-electron chi connectivity index (χ0n) is 32.3. The first-order chi connectivity index (χ1) is 26.4. The number of benzene rings is 3. The molecule has 6 rings (SSSR count). The number of likely N-dealkylation sites (tertiary alicyclic amines) is 2. The van der Waals surface area contributed by atoms with Crippen LogP contribution in [0.1, 0.15) is 75.6 Å². The molecule has 2 fully saturated rings. The highest BCUT2D eigenvalue weighted by molar-refractivity contribution is 6.05. The van der Waals surface area contributed by atoms with Gasteiger partial charge in [-0.3, -0.25) is 14.4 Å². The van der Waals surface area contributed by atoms with Crippen LogP contribution in [0.2, 0.25) is 0 Å². The Bertz CT molecular complexity index is 2060. The van der Waals surface area contributed by atoms with Crippen LogP contribution < -0.4 is 16.0 Å². The zero-order chi connectivity index (χ0) is 39.4. The molecule has 14 nitrogen and oxygen atoms in total. The van der Waals surface area contributed by atoms with Crippen LogP contribution in [0.25, 0.3) is 32.9 Å². The number of alkyl carbamates (subject to hydrolysis) is 2. The quantitative estimate of drug-likeness (QED) is 0.155. The second-order valence-corrected chi connectivity index (χ2v) is 15.0. The number of hydrogen-bond acceptors (Lipinski definition) is 8. The van der Waals surface area contributed by atoms with Gasteiger partial charge in [-0.15, -0.1) is 0 Å². The maximum Gasteiger partial charge on any atom is 0.407 e. The van der Waals surface area contributed by atoms with Crippen molar-refractivity contribution in [1.82, 2.24) is 35.7 Å². The zero-order valence-corrected chi connectivity index (χ0v) is 32.3. The number of rotatable bonds is 11. The third-order valence-electron chi connectivity index (χ3n) is 10.8. The van der Waals surface area contributed by atoms with Crippen LogP contribution in [0.3, 0.4) is 0 Å². The number of carbonyl (C=O) groups excluding carboxylic acids is 5. The minimum absolute atomic E-state index is 0.121. The Labute approximate surface area is 320 Å². The number of imidazole rings is 1. The van der Waals surface area contributed by atoms with Gasteiger partial charge in [-0.05, 0) is 78.3 Å². The summed E-state index contributed by atoms with van der Waals surface area (Å²) in [6, 6.07) is 15.8. The number of ether oxygens (including phenoxy) is 2. The molecule has 0 bridgehead atoms. The van der Waals surface area contributed by atoms with Crippen molar-refractivity contribution in [2.24, 2.45) is 11.8 Å². The summed E-state index contributed by atoms with van der Waals surface area (Å²) in [6.07, 6.45) is 1.89. The SMILES string of the molecule is COC(=O)N[C@H](C(=O)N1CCC[C@H]1CNC(=O)c1ccc(-c2ccc3c(ccc4nc([C@@H]5CCCN5C(=O)[C@@H](NC(=O)OC)C(C)C)[nH]c43)c2)cc1)C(C)C. The Morgan fingerprint density at radius 2 is 1.38 bits per heavy atom. The summed E-state index contributed by atoms with van der Waals surface area (Å²) in [5.41, 5.74) is 4.15. The Morgan fingerprint density at radius 1 is 0.782 bits per heavy atom. The highest BCUT2D eigenvalue weighted by Crippen LogP contribution is 2.35. The van der Waals surface area contributed by atoms with Gasteiger partial charge < -0.3 is 40.2 Å². The second kappa shape index (κ2) is 16.8. The third kappa shape index (κ3) is 8.37. The Morgan fingerprint density at radius 3 is 2.02 bits per heavy atom. The van der Waals surface area contributed by atoms with E-state index in [4.69, 9.17) is 14.5 Å². The lowest BCUT2D eigenvalue weighted by Crippen LogP contribution is -2.54. The number of carbonyl (C=O) groups is 5. The highest BCUT2D eigenvalue weighted by atomic mass is 16.5. The molecule has 4 aromatic rings. The fourth-order valence-electron chi connectivity index (χ4n) is 7.70. The van der Waals surface area contributed by atoms with E-state index in [1.54, 1.807) is 17.0 Å². The van der Waals surface area contributed by atoms with E-state index in [0.29, 0.717) is 25.2 Å². The predicted molar refractivity (Wildman–Crippen MR) is 208 cm³/mol. The van der Waals surface area contributed by atoms with E-state index in [1.807, 2.05) is 62.9 Å². The fourth-order valence-corrected chi connectivity index (χ4v) is 7.70. The standard InChI is InChI=1S/C41H51N7O7/c1-23(2)33(45-40(52)54-5)38(50)47-19-7-9-29(47)22-42-37(49)26-13-11-25(12-14-26)27-15-17-30-28(21-27)16-18-31-35(30)44-36(43-31)32-10-8-20-48(32)39(51)34(24(3)4)46-41(53)55-6/h11-18,21,23-24,29,32-34H,7-10,19-20,22H2,1-6H3,(H,42,49)(H,43,44)(H,45,52)(H,46,53)/t29-,32-,33-,34-/m0/s1. The van der Waals surface area contributed by atoms with Gasteiger partial charge in [-0.2, -0.15) is 0 Å². The van der Waals surface area contributed by atoms with Crippen molar-refractivity contribution < 1.29 is 33.4 Å². The topological polar surface area (TPSA) is 175 Å². The molecular weight excluding hydrogens is 702 g/mol. The summed E-state index contributed by atoms with van der Waals surface area (Å²) < 4.78 is 9.48. The van der Waals surface area contributed by atoms with E-state index in [9.17, 15) is 24.0 Å². The third-order valence-corrected chi connectivity index (χ3v) is 10.8. The number of aromatic amines is 1. The maximum atomic E-state index is 13.6. The smallest absolute Gasteiger partial charge is 0.407 e. The average Bonchev–Trinajstić information content (AvgIpc) is 3.97. The average molecular weight is 754 g/mol. The molecule has 3 aromatic carbocycles. The van der Waals surface area contributed by atoms with Gasteiger partial charge in [0.2, 0.25) is 11.8 Å². The number of aromatic nitrogens is 2. The first kappa shape index (κ1) is 39.0. The molecule has 55 heavy (non-hydrogen) atoms. The normalized spacial score (nSPS) is 18.1. The van der Waals surface area contributed by atoms with Gasteiger partial charge in [0.25, 0.3) is 5.91 Å². The van der Waals surface area contributed by atoms with Gasteiger partial charge in [-0.25, -0.2) is 14.6 Å². The monoisotopic (exact) mass is 753 g/mol. The summed E-state index contributed by atoms with van der Waals surface area (Å²) in [4.78, 5) is 76.0. The van der Waals surface area contributed by atoms with Gasteiger partial charge >= 0.3 is 12.2 Å². The molecule has 4 atom stereocenters. The molecule has 2 saturated heterocycles. The molecule has 14 heteroatoms. The number of methoxy groups -OCH3 is 2. The Balaban J connectivity index is 1.12. The minimum Gasteiger partial charge on any atom is -0.453 e.